The fraction of sp³-hybridized carbons (Fsp3) is 0.320. The van der Waals surface area contributed by atoms with Crippen LogP contribution < -0.4 is 14.8 Å². The molecule has 172 valence electrons. The number of carbonyl (C=O) groups excluding carboxylic acids is 1. The van der Waals surface area contributed by atoms with Crippen LogP contribution in [0.1, 0.15) is 43.0 Å². The molecule has 8 heteroatoms. The number of nitrogens with one attached hydrogen (secondary N) is 1. The lowest BCUT2D eigenvalue weighted by Crippen LogP contribution is -2.29. The van der Waals surface area contributed by atoms with Crippen LogP contribution in [0.2, 0.25) is 0 Å². The second-order valence-corrected chi connectivity index (χ2v) is 7.92. The summed E-state index contributed by atoms with van der Waals surface area (Å²) in [7, 11) is 1.60. The van der Waals surface area contributed by atoms with Crippen LogP contribution in [0.3, 0.4) is 0 Å². The number of aromatic nitrogens is 3. The van der Waals surface area contributed by atoms with Gasteiger partial charge in [0, 0.05) is 5.70 Å². The first-order valence-corrected chi connectivity index (χ1v) is 10.9. The number of carbonyl (C=O) groups is 1. The lowest BCUT2D eigenvalue weighted by molar-refractivity contribution is -0.139. The Morgan fingerprint density at radius 1 is 1.15 bits per heavy atom. The highest BCUT2D eigenvalue weighted by atomic mass is 16.5. The molecule has 0 saturated heterocycles. The molecule has 1 aliphatic rings. The summed E-state index contributed by atoms with van der Waals surface area (Å²) in [5, 5.41) is 7.50. The smallest absolute Gasteiger partial charge is 0.338 e. The zero-order valence-corrected chi connectivity index (χ0v) is 19.3. The van der Waals surface area contributed by atoms with E-state index < -0.39 is 6.04 Å². The van der Waals surface area contributed by atoms with Gasteiger partial charge in [-0.1, -0.05) is 42.8 Å². The average Bonchev–Trinajstić information content (AvgIpc) is 3.28. The Morgan fingerprint density at radius 3 is 2.76 bits per heavy atom. The molecular weight excluding hydrogens is 420 g/mol. The summed E-state index contributed by atoms with van der Waals surface area (Å²) in [6.07, 6.45) is 2.20. The number of methoxy groups -OCH3 is 1. The molecule has 4 rings (SSSR count). The van der Waals surface area contributed by atoms with Gasteiger partial charge < -0.3 is 19.5 Å². The first kappa shape index (κ1) is 22.4. The molecular formula is C25H28N4O4. The topological polar surface area (TPSA) is 87.5 Å². The van der Waals surface area contributed by atoms with Crippen LogP contribution in [0.15, 0.2) is 60.1 Å². The fourth-order valence-electron chi connectivity index (χ4n) is 3.87. The number of hydrogen-bond donors (Lipinski definition) is 1. The van der Waals surface area contributed by atoms with Crippen molar-refractivity contribution in [2.24, 2.45) is 0 Å². The molecule has 2 heterocycles. The molecule has 1 unspecified atom stereocenters. The van der Waals surface area contributed by atoms with E-state index in [0.717, 1.165) is 17.5 Å². The summed E-state index contributed by atoms with van der Waals surface area (Å²) in [4.78, 5) is 17.2. The van der Waals surface area contributed by atoms with Crippen LogP contribution in [-0.4, -0.2) is 34.5 Å². The third-order valence-electron chi connectivity index (χ3n) is 5.43. The van der Waals surface area contributed by atoms with Gasteiger partial charge in [-0.2, -0.15) is 10.1 Å². The number of fused-ring (bicyclic) bond motifs is 1. The SMILES string of the molecule is CCCOC(=O)C1=C(C)Nc2ncnn2C1c1ccc(OCc2cccc(C)c2)c(OC)c1. The van der Waals surface area contributed by atoms with Gasteiger partial charge in [-0.25, -0.2) is 9.48 Å². The van der Waals surface area contributed by atoms with Crippen LogP contribution in [0.5, 0.6) is 11.5 Å². The lowest BCUT2D eigenvalue weighted by Gasteiger charge is -2.28. The summed E-state index contributed by atoms with van der Waals surface area (Å²) >= 11 is 0. The molecule has 0 saturated carbocycles. The minimum atomic E-state index is -0.507. The van der Waals surface area contributed by atoms with Gasteiger partial charge in [0.2, 0.25) is 5.95 Å². The summed E-state index contributed by atoms with van der Waals surface area (Å²) < 4.78 is 18.8. The molecule has 2 aromatic carbocycles. The summed E-state index contributed by atoms with van der Waals surface area (Å²) in [5.74, 6) is 1.36. The van der Waals surface area contributed by atoms with Gasteiger partial charge in [0.05, 0.1) is 19.3 Å². The Balaban J connectivity index is 1.66. The Hall–Kier alpha value is -3.81. The highest BCUT2D eigenvalue weighted by molar-refractivity contribution is 5.92. The van der Waals surface area contributed by atoms with E-state index >= 15 is 0 Å². The summed E-state index contributed by atoms with van der Waals surface area (Å²) in [5.41, 5.74) is 4.23. The Kier molecular flexibility index (Phi) is 6.63. The number of anilines is 1. The number of hydrogen-bond acceptors (Lipinski definition) is 7. The molecule has 3 aromatic rings. The molecule has 8 nitrogen and oxygen atoms in total. The van der Waals surface area contributed by atoms with Crippen molar-refractivity contribution in [1.82, 2.24) is 14.8 Å². The largest absolute Gasteiger partial charge is 0.493 e. The van der Waals surface area contributed by atoms with E-state index in [9.17, 15) is 4.79 Å². The highest BCUT2D eigenvalue weighted by Crippen LogP contribution is 2.39. The maximum Gasteiger partial charge on any atom is 0.338 e. The minimum absolute atomic E-state index is 0.349. The quantitative estimate of drug-likeness (QED) is 0.511. The molecule has 1 aromatic heterocycles. The second-order valence-electron chi connectivity index (χ2n) is 7.92. The van der Waals surface area contributed by atoms with Crippen molar-refractivity contribution in [3.63, 3.8) is 0 Å². The van der Waals surface area contributed by atoms with E-state index in [1.54, 1.807) is 11.8 Å². The molecule has 0 amide bonds. The maximum absolute atomic E-state index is 13.0. The Bertz CT molecular complexity index is 1180. The molecule has 1 atom stereocenters. The molecule has 1 aliphatic heterocycles. The second kappa shape index (κ2) is 9.77. The van der Waals surface area contributed by atoms with Crippen LogP contribution in [-0.2, 0) is 16.1 Å². The predicted octanol–water partition coefficient (Wildman–Crippen LogP) is 4.42. The zero-order chi connectivity index (χ0) is 23.4. The third kappa shape index (κ3) is 4.69. The molecule has 0 spiro atoms. The number of benzene rings is 2. The van der Waals surface area contributed by atoms with Gasteiger partial charge in [-0.3, -0.25) is 0 Å². The fourth-order valence-corrected chi connectivity index (χ4v) is 3.87. The predicted molar refractivity (Wildman–Crippen MR) is 124 cm³/mol. The van der Waals surface area contributed by atoms with Crippen molar-refractivity contribution in [2.75, 3.05) is 19.0 Å². The van der Waals surface area contributed by atoms with Gasteiger partial charge in [0.1, 0.15) is 19.0 Å². The third-order valence-corrected chi connectivity index (χ3v) is 5.43. The van der Waals surface area contributed by atoms with E-state index in [-0.39, 0.29) is 5.97 Å². The molecule has 0 aliphatic carbocycles. The van der Waals surface area contributed by atoms with Gasteiger partial charge in [-0.05, 0) is 43.5 Å². The minimum Gasteiger partial charge on any atom is -0.493 e. The average molecular weight is 449 g/mol. The van der Waals surface area contributed by atoms with Crippen LogP contribution >= 0.6 is 0 Å². The standard InChI is InChI=1S/C25H28N4O4/c1-5-11-32-24(30)22-17(3)28-25-26-15-27-29(25)23(22)19-9-10-20(21(13-19)31-4)33-14-18-8-6-7-16(2)12-18/h6-10,12-13,15,23H,5,11,14H2,1-4H3,(H,26,27,28). The lowest BCUT2D eigenvalue weighted by atomic mass is 9.95. The number of esters is 1. The molecule has 0 bridgehead atoms. The van der Waals surface area contributed by atoms with E-state index in [2.05, 4.69) is 34.5 Å². The van der Waals surface area contributed by atoms with Gasteiger partial charge in [0.15, 0.2) is 11.5 Å². The summed E-state index contributed by atoms with van der Waals surface area (Å²) in [6, 6.07) is 13.3. The van der Waals surface area contributed by atoms with Crippen molar-refractivity contribution in [3.8, 4) is 11.5 Å². The van der Waals surface area contributed by atoms with Crippen LogP contribution in [0.25, 0.3) is 0 Å². The summed E-state index contributed by atoms with van der Waals surface area (Å²) in [6.45, 7) is 6.62. The van der Waals surface area contributed by atoms with E-state index in [0.29, 0.717) is 41.9 Å². The molecule has 33 heavy (non-hydrogen) atoms. The Morgan fingerprint density at radius 2 is 2.00 bits per heavy atom. The molecule has 1 N–H and O–H groups in total. The molecule has 0 radical (unpaired) electrons. The first-order chi connectivity index (χ1) is 16.0. The maximum atomic E-state index is 13.0. The van der Waals surface area contributed by atoms with Crippen molar-refractivity contribution in [2.45, 2.75) is 39.8 Å². The number of allylic oxidation sites excluding steroid dienone is 1. The van der Waals surface area contributed by atoms with E-state index in [1.807, 2.05) is 44.2 Å². The normalized spacial score (nSPS) is 15.0. The van der Waals surface area contributed by atoms with Gasteiger partial charge in [-0.15, -0.1) is 0 Å². The van der Waals surface area contributed by atoms with Crippen molar-refractivity contribution in [1.29, 1.82) is 0 Å². The number of aryl methyl sites for hydroxylation is 1. The van der Waals surface area contributed by atoms with Crippen molar-refractivity contribution >= 4 is 11.9 Å². The van der Waals surface area contributed by atoms with E-state index in [1.165, 1.54) is 11.9 Å². The van der Waals surface area contributed by atoms with Crippen LogP contribution in [0, 0.1) is 6.92 Å². The highest BCUT2D eigenvalue weighted by Gasteiger charge is 2.34. The van der Waals surface area contributed by atoms with Crippen LogP contribution in [0.4, 0.5) is 5.95 Å². The molecule has 0 fully saturated rings. The van der Waals surface area contributed by atoms with Crippen molar-refractivity contribution < 1.29 is 19.0 Å². The van der Waals surface area contributed by atoms with Crippen molar-refractivity contribution in [3.05, 3.63) is 76.8 Å². The Labute approximate surface area is 193 Å². The zero-order valence-electron chi connectivity index (χ0n) is 19.3. The van der Waals surface area contributed by atoms with Gasteiger partial charge >= 0.3 is 5.97 Å². The van der Waals surface area contributed by atoms with Gasteiger partial charge in [0.25, 0.3) is 0 Å². The monoisotopic (exact) mass is 448 g/mol. The first-order valence-electron chi connectivity index (χ1n) is 10.9. The number of ether oxygens (including phenoxy) is 3. The number of nitrogens with zero attached hydrogens (tertiary/aromatic N) is 3. The van der Waals surface area contributed by atoms with E-state index in [4.69, 9.17) is 14.2 Å². The number of rotatable bonds is 8.